The Balaban J connectivity index is 2.21. The van der Waals surface area contributed by atoms with Gasteiger partial charge in [0.05, 0.1) is 5.69 Å². The second-order valence-electron chi connectivity index (χ2n) is 4.96. The molecular formula is C12H13F2NO. The van der Waals surface area contributed by atoms with E-state index in [9.17, 15) is 13.6 Å². The number of carbonyl (C=O) groups is 1. The molecule has 0 aromatic carbocycles. The van der Waals surface area contributed by atoms with Crippen molar-refractivity contribution in [3.05, 3.63) is 23.0 Å². The van der Waals surface area contributed by atoms with E-state index in [1.54, 1.807) is 10.8 Å². The highest BCUT2D eigenvalue weighted by Gasteiger charge is 2.54. The van der Waals surface area contributed by atoms with Gasteiger partial charge >= 0.3 is 0 Å². The largest absolute Gasteiger partial charge is 0.343 e. The Morgan fingerprint density at radius 2 is 2.06 bits per heavy atom. The van der Waals surface area contributed by atoms with Gasteiger partial charge in [-0.3, -0.25) is 4.79 Å². The third kappa shape index (κ3) is 1.07. The highest BCUT2D eigenvalue weighted by Crippen LogP contribution is 2.58. The quantitative estimate of drug-likeness (QED) is 0.756. The van der Waals surface area contributed by atoms with Crippen molar-refractivity contribution >= 4 is 5.78 Å². The zero-order valence-electron chi connectivity index (χ0n) is 9.21. The number of aromatic nitrogens is 1. The molecule has 4 heteroatoms. The molecule has 0 N–H and O–H groups in total. The lowest BCUT2D eigenvalue weighted by atomic mass is 10.1. The van der Waals surface area contributed by atoms with Gasteiger partial charge in [0, 0.05) is 23.7 Å². The predicted molar refractivity (Wildman–Crippen MR) is 55.0 cm³/mol. The molecule has 1 fully saturated rings. The van der Waals surface area contributed by atoms with E-state index in [1.165, 1.54) is 0 Å². The zero-order valence-corrected chi connectivity index (χ0v) is 9.21. The first-order valence-electron chi connectivity index (χ1n) is 5.59. The molecule has 86 valence electrons. The van der Waals surface area contributed by atoms with Crippen molar-refractivity contribution in [3.8, 4) is 0 Å². The van der Waals surface area contributed by atoms with Crippen LogP contribution in [0.4, 0.5) is 8.78 Å². The topological polar surface area (TPSA) is 22.0 Å². The first-order valence-corrected chi connectivity index (χ1v) is 5.59. The fraction of sp³-hybridized carbons (Fsp3) is 0.583. The third-order valence-electron chi connectivity index (χ3n) is 3.64. The maximum atomic E-state index is 13.1. The predicted octanol–water partition coefficient (Wildman–Crippen LogP) is 3.31. The van der Waals surface area contributed by atoms with E-state index in [-0.39, 0.29) is 29.4 Å². The Morgan fingerprint density at radius 1 is 1.38 bits per heavy atom. The van der Waals surface area contributed by atoms with Crippen molar-refractivity contribution in [2.24, 2.45) is 5.92 Å². The van der Waals surface area contributed by atoms with Crippen LogP contribution in [0.2, 0.25) is 0 Å². The Kier molecular flexibility index (Phi) is 1.83. The van der Waals surface area contributed by atoms with Crippen molar-refractivity contribution in [2.75, 3.05) is 0 Å². The highest BCUT2D eigenvalue weighted by atomic mass is 19.3. The molecule has 0 amide bonds. The van der Waals surface area contributed by atoms with Crippen molar-refractivity contribution in [2.45, 2.75) is 38.7 Å². The number of hydrogen-bond donors (Lipinski definition) is 0. The van der Waals surface area contributed by atoms with Gasteiger partial charge in [0.25, 0.3) is 6.43 Å². The highest BCUT2D eigenvalue weighted by molar-refractivity contribution is 6.06. The third-order valence-corrected chi connectivity index (χ3v) is 3.64. The van der Waals surface area contributed by atoms with Crippen LogP contribution in [-0.4, -0.2) is 10.4 Å². The maximum Gasteiger partial charge on any atom is 0.278 e. The van der Waals surface area contributed by atoms with Crippen molar-refractivity contribution in [3.63, 3.8) is 0 Å². The molecule has 0 bridgehead atoms. The summed E-state index contributed by atoms with van der Waals surface area (Å²) < 4.78 is 27.7. The molecule has 1 heterocycles. The van der Waals surface area contributed by atoms with E-state index >= 15 is 0 Å². The monoisotopic (exact) mass is 225 g/mol. The Hall–Kier alpha value is -1.19. The lowest BCUT2D eigenvalue weighted by molar-refractivity contribution is 0.0973. The molecule has 2 unspecified atom stereocenters. The van der Waals surface area contributed by atoms with Crippen LogP contribution in [0.1, 0.15) is 60.3 Å². The summed E-state index contributed by atoms with van der Waals surface area (Å²) in [6.45, 7) is 3.71. The van der Waals surface area contributed by atoms with E-state index in [1.807, 2.05) is 13.8 Å². The van der Waals surface area contributed by atoms with Gasteiger partial charge in [0.1, 0.15) is 0 Å². The molecule has 1 saturated carbocycles. The van der Waals surface area contributed by atoms with Gasteiger partial charge in [-0.25, -0.2) is 8.78 Å². The summed E-state index contributed by atoms with van der Waals surface area (Å²) in [4.78, 5) is 11.8. The number of alkyl halides is 2. The van der Waals surface area contributed by atoms with Crippen LogP contribution < -0.4 is 0 Å². The van der Waals surface area contributed by atoms with Crippen molar-refractivity contribution in [1.29, 1.82) is 0 Å². The number of hydrogen-bond acceptors (Lipinski definition) is 1. The van der Waals surface area contributed by atoms with E-state index < -0.39 is 6.43 Å². The summed E-state index contributed by atoms with van der Waals surface area (Å²) >= 11 is 0. The minimum atomic E-state index is -2.49. The van der Waals surface area contributed by atoms with Crippen molar-refractivity contribution in [1.82, 2.24) is 4.57 Å². The molecule has 2 nitrogen and oxygen atoms in total. The number of nitrogens with zero attached hydrogens (tertiary/aromatic N) is 1. The molecule has 3 rings (SSSR count). The molecule has 1 aromatic rings. The first-order chi connectivity index (χ1) is 7.52. The lowest BCUT2D eigenvalue weighted by Crippen LogP contribution is -2.06. The Morgan fingerprint density at radius 3 is 2.62 bits per heavy atom. The van der Waals surface area contributed by atoms with E-state index in [0.29, 0.717) is 11.1 Å². The van der Waals surface area contributed by atoms with Gasteiger partial charge in [-0.15, -0.1) is 0 Å². The van der Waals surface area contributed by atoms with Crippen LogP contribution >= 0.6 is 0 Å². The average molecular weight is 225 g/mol. The number of fused-ring (bicyclic) bond motifs is 3. The molecular weight excluding hydrogens is 212 g/mol. The normalized spacial score (nSPS) is 26.5. The number of Topliss-reactive ketones (excluding diaryl/α,β-unsaturated/α-hetero) is 1. The van der Waals surface area contributed by atoms with E-state index in [4.69, 9.17) is 0 Å². The fourth-order valence-corrected chi connectivity index (χ4v) is 2.80. The van der Waals surface area contributed by atoms with Crippen LogP contribution in [0.3, 0.4) is 0 Å². The van der Waals surface area contributed by atoms with Gasteiger partial charge in [-0.05, 0) is 31.7 Å². The van der Waals surface area contributed by atoms with Crippen LogP contribution in [0.15, 0.2) is 6.20 Å². The summed E-state index contributed by atoms with van der Waals surface area (Å²) in [5.41, 5.74) is 1.26. The van der Waals surface area contributed by atoms with Gasteiger partial charge in [-0.2, -0.15) is 0 Å². The van der Waals surface area contributed by atoms with Gasteiger partial charge in [0.2, 0.25) is 0 Å². The van der Waals surface area contributed by atoms with Crippen LogP contribution in [-0.2, 0) is 0 Å². The Labute approximate surface area is 92.3 Å². The van der Waals surface area contributed by atoms with Gasteiger partial charge in [0.15, 0.2) is 5.78 Å². The average Bonchev–Trinajstić information content (AvgIpc) is 2.79. The smallest absolute Gasteiger partial charge is 0.278 e. The maximum absolute atomic E-state index is 13.1. The van der Waals surface area contributed by atoms with Crippen LogP contribution in [0.25, 0.3) is 0 Å². The SMILES string of the molecule is CC(C)n1cc2c(c1C(F)F)C1CC1C2=O. The van der Waals surface area contributed by atoms with Gasteiger partial charge < -0.3 is 4.57 Å². The fourth-order valence-electron chi connectivity index (χ4n) is 2.80. The summed E-state index contributed by atoms with van der Waals surface area (Å²) in [6.07, 6.45) is -0.0952. The Bertz CT molecular complexity index is 476. The lowest BCUT2D eigenvalue weighted by Gasteiger charge is -2.13. The number of ketones is 1. The van der Waals surface area contributed by atoms with Crippen LogP contribution in [0, 0.1) is 5.92 Å². The summed E-state index contributed by atoms with van der Waals surface area (Å²) in [6, 6.07) is -0.0281. The second kappa shape index (κ2) is 2.93. The molecule has 0 saturated heterocycles. The zero-order chi connectivity index (χ0) is 11.6. The van der Waals surface area contributed by atoms with Crippen molar-refractivity contribution < 1.29 is 13.6 Å². The molecule has 1 aromatic heterocycles. The molecule has 2 atom stereocenters. The molecule has 0 aliphatic heterocycles. The standard InChI is InChI=1S/C12H13F2NO/c1-5(2)15-4-8-9(10(15)12(13)14)6-3-7(6)11(8)16/h4-7,12H,3H2,1-2H3. The minimum absolute atomic E-state index is 0.0179. The number of rotatable bonds is 2. The van der Waals surface area contributed by atoms with E-state index in [2.05, 4.69) is 0 Å². The summed E-state index contributed by atoms with van der Waals surface area (Å²) in [5.74, 6) is 0.178. The summed E-state index contributed by atoms with van der Waals surface area (Å²) in [5, 5.41) is 0. The number of halogens is 2. The summed E-state index contributed by atoms with van der Waals surface area (Å²) in [7, 11) is 0. The molecule has 16 heavy (non-hydrogen) atoms. The molecule has 0 spiro atoms. The first kappa shape index (κ1) is 10.00. The molecule has 0 radical (unpaired) electrons. The van der Waals surface area contributed by atoms with Crippen LogP contribution in [0.5, 0.6) is 0 Å². The van der Waals surface area contributed by atoms with Gasteiger partial charge in [-0.1, -0.05) is 0 Å². The van der Waals surface area contributed by atoms with E-state index in [0.717, 1.165) is 6.42 Å². The second-order valence-corrected chi connectivity index (χ2v) is 4.96. The number of carbonyl (C=O) groups excluding carboxylic acids is 1. The molecule has 2 aliphatic carbocycles. The minimum Gasteiger partial charge on any atom is -0.343 e. The molecule has 2 aliphatic rings.